The minimum absolute atomic E-state index is 0.0600. The number of hydrogen-bond acceptors (Lipinski definition) is 2. The van der Waals surface area contributed by atoms with Crippen LogP contribution in [0, 0.1) is 0 Å². The Kier molecular flexibility index (Phi) is 3.15. The van der Waals surface area contributed by atoms with Crippen LogP contribution in [0.25, 0.3) is 0 Å². The summed E-state index contributed by atoms with van der Waals surface area (Å²) in [6, 6.07) is 4.43. The van der Waals surface area contributed by atoms with Crippen molar-refractivity contribution in [2.24, 2.45) is 0 Å². The second-order valence-corrected chi connectivity index (χ2v) is 6.77. The smallest absolute Gasteiger partial charge is 0.126 e. The molecule has 2 nitrogen and oxygen atoms in total. The number of halogens is 1. The van der Waals surface area contributed by atoms with Crippen molar-refractivity contribution in [2.75, 3.05) is 13.1 Å². The van der Waals surface area contributed by atoms with E-state index in [0.717, 1.165) is 38.1 Å². The number of fused-ring (bicyclic) bond motifs is 1. The Morgan fingerprint density at radius 2 is 2.17 bits per heavy atom. The van der Waals surface area contributed by atoms with E-state index in [9.17, 15) is 0 Å². The maximum atomic E-state index is 6.44. The number of ether oxygens (including phenoxy) is 1. The normalized spacial score (nSPS) is 26.4. The fourth-order valence-corrected chi connectivity index (χ4v) is 3.59. The quantitative estimate of drug-likeness (QED) is 0.855. The molecule has 3 rings (SSSR count). The SMILES string of the molecule is CC(C)c1cc(Br)cc2c1OC1(CCNC1)CC2. The minimum atomic E-state index is 0.0600. The zero-order valence-electron chi connectivity index (χ0n) is 11.1. The first-order chi connectivity index (χ1) is 8.60. The van der Waals surface area contributed by atoms with Gasteiger partial charge in [-0.3, -0.25) is 0 Å². The van der Waals surface area contributed by atoms with Gasteiger partial charge in [0.15, 0.2) is 0 Å². The molecular formula is C15H20BrNO. The van der Waals surface area contributed by atoms with Crippen LogP contribution in [0.2, 0.25) is 0 Å². The highest BCUT2D eigenvalue weighted by Gasteiger charge is 2.40. The van der Waals surface area contributed by atoms with Gasteiger partial charge in [-0.1, -0.05) is 29.8 Å². The largest absolute Gasteiger partial charge is 0.485 e. The van der Waals surface area contributed by atoms with Crippen molar-refractivity contribution in [1.82, 2.24) is 5.32 Å². The second kappa shape index (κ2) is 4.53. The number of nitrogens with one attached hydrogen (secondary N) is 1. The summed E-state index contributed by atoms with van der Waals surface area (Å²) in [7, 11) is 0. The molecule has 1 aromatic carbocycles. The van der Waals surface area contributed by atoms with Gasteiger partial charge in [-0.2, -0.15) is 0 Å². The predicted octanol–water partition coefficient (Wildman–Crippen LogP) is 3.63. The molecule has 1 fully saturated rings. The summed E-state index contributed by atoms with van der Waals surface area (Å²) in [5.74, 6) is 1.66. The zero-order valence-corrected chi connectivity index (χ0v) is 12.6. The van der Waals surface area contributed by atoms with Gasteiger partial charge in [-0.05, 0) is 48.6 Å². The van der Waals surface area contributed by atoms with E-state index in [1.807, 2.05) is 0 Å². The van der Waals surface area contributed by atoms with Crippen molar-refractivity contribution in [3.05, 3.63) is 27.7 Å². The maximum absolute atomic E-state index is 6.44. The Bertz CT molecular complexity index is 464. The van der Waals surface area contributed by atoms with E-state index in [1.165, 1.54) is 15.6 Å². The molecule has 0 bridgehead atoms. The molecule has 1 saturated heterocycles. The van der Waals surface area contributed by atoms with E-state index in [4.69, 9.17) is 4.74 Å². The Morgan fingerprint density at radius 1 is 1.33 bits per heavy atom. The second-order valence-electron chi connectivity index (χ2n) is 5.85. The standard InChI is InChI=1S/C15H20BrNO/c1-10(2)13-8-12(16)7-11-3-4-15(18-14(11)13)5-6-17-9-15/h7-8,10,17H,3-6,9H2,1-2H3. The van der Waals surface area contributed by atoms with Gasteiger partial charge in [0, 0.05) is 17.4 Å². The van der Waals surface area contributed by atoms with Crippen LogP contribution in [0.3, 0.4) is 0 Å². The van der Waals surface area contributed by atoms with Gasteiger partial charge in [-0.25, -0.2) is 0 Å². The molecule has 1 atom stereocenters. The van der Waals surface area contributed by atoms with Crippen molar-refractivity contribution in [2.45, 2.75) is 44.6 Å². The fourth-order valence-electron chi connectivity index (χ4n) is 3.06. The van der Waals surface area contributed by atoms with E-state index < -0.39 is 0 Å². The molecule has 1 unspecified atom stereocenters. The summed E-state index contributed by atoms with van der Waals surface area (Å²) < 4.78 is 7.62. The van der Waals surface area contributed by atoms with Crippen LogP contribution in [0.15, 0.2) is 16.6 Å². The molecule has 3 heteroatoms. The lowest BCUT2D eigenvalue weighted by molar-refractivity contribution is 0.0648. The predicted molar refractivity (Wildman–Crippen MR) is 77.4 cm³/mol. The third-order valence-corrected chi connectivity index (χ3v) is 4.61. The van der Waals surface area contributed by atoms with E-state index in [-0.39, 0.29) is 5.60 Å². The summed E-state index contributed by atoms with van der Waals surface area (Å²) in [6.07, 6.45) is 3.41. The summed E-state index contributed by atoms with van der Waals surface area (Å²) in [4.78, 5) is 0. The molecule has 0 aromatic heterocycles. The molecule has 1 N–H and O–H groups in total. The average molecular weight is 310 g/mol. The van der Waals surface area contributed by atoms with Crippen LogP contribution in [-0.2, 0) is 6.42 Å². The summed E-state index contributed by atoms with van der Waals surface area (Å²) in [5, 5.41) is 3.44. The minimum Gasteiger partial charge on any atom is -0.485 e. The summed E-state index contributed by atoms with van der Waals surface area (Å²) in [6.45, 7) is 6.56. The topological polar surface area (TPSA) is 21.3 Å². The Hall–Kier alpha value is -0.540. The summed E-state index contributed by atoms with van der Waals surface area (Å²) in [5.41, 5.74) is 2.76. The first-order valence-electron chi connectivity index (χ1n) is 6.82. The molecule has 2 aliphatic heterocycles. The number of benzene rings is 1. The zero-order chi connectivity index (χ0) is 12.8. The molecular weight excluding hydrogens is 290 g/mol. The molecule has 0 amide bonds. The lowest BCUT2D eigenvalue weighted by atomic mass is 9.87. The fraction of sp³-hybridized carbons (Fsp3) is 0.600. The highest BCUT2D eigenvalue weighted by Crippen LogP contribution is 2.42. The van der Waals surface area contributed by atoms with Crippen molar-refractivity contribution in [1.29, 1.82) is 0 Å². The van der Waals surface area contributed by atoms with Gasteiger partial charge in [0.1, 0.15) is 11.4 Å². The van der Waals surface area contributed by atoms with Crippen LogP contribution >= 0.6 is 15.9 Å². The van der Waals surface area contributed by atoms with Crippen LogP contribution in [0.1, 0.15) is 43.7 Å². The van der Waals surface area contributed by atoms with E-state index in [1.54, 1.807) is 0 Å². The van der Waals surface area contributed by atoms with Crippen LogP contribution in [-0.4, -0.2) is 18.7 Å². The third kappa shape index (κ3) is 2.08. The number of rotatable bonds is 1. The first kappa shape index (κ1) is 12.5. The van der Waals surface area contributed by atoms with Crippen molar-refractivity contribution < 1.29 is 4.74 Å². The first-order valence-corrected chi connectivity index (χ1v) is 7.61. The highest BCUT2D eigenvalue weighted by atomic mass is 79.9. The van der Waals surface area contributed by atoms with Crippen molar-refractivity contribution in [3.63, 3.8) is 0 Å². The number of aryl methyl sites for hydroxylation is 1. The number of hydrogen-bond donors (Lipinski definition) is 1. The van der Waals surface area contributed by atoms with Gasteiger partial charge in [0.25, 0.3) is 0 Å². The van der Waals surface area contributed by atoms with Crippen molar-refractivity contribution in [3.8, 4) is 5.75 Å². The molecule has 0 saturated carbocycles. The van der Waals surface area contributed by atoms with E-state index in [2.05, 4.69) is 47.2 Å². The third-order valence-electron chi connectivity index (χ3n) is 4.15. The van der Waals surface area contributed by atoms with Gasteiger partial charge in [0.2, 0.25) is 0 Å². The van der Waals surface area contributed by atoms with E-state index in [0.29, 0.717) is 5.92 Å². The molecule has 98 valence electrons. The lowest BCUT2D eigenvalue weighted by Gasteiger charge is -2.37. The maximum Gasteiger partial charge on any atom is 0.126 e. The molecule has 18 heavy (non-hydrogen) atoms. The van der Waals surface area contributed by atoms with E-state index >= 15 is 0 Å². The monoisotopic (exact) mass is 309 g/mol. The van der Waals surface area contributed by atoms with Gasteiger partial charge in [0.05, 0.1) is 0 Å². The average Bonchev–Trinajstić information content (AvgIpc) is 2.77. The van der Waals surface area contributed by atoms with Gasteiger partial charge >= 0.3 is 0 Å². The van der Waals surface area contributed by atoms with Gasteiger partial charge < -0.3 is 10.1 Å². The molecule has 1 aromatic rings. The molecule has 2 aliphatic rings. The molecule has 0 aliphatic carbocycles. The Morgan fingerprint density at radius 3 is 2.83 bits per heavy atom. The molecule has 1 spiro atoms. The lowest BCUT2D eigenvalue weighted by Crippen LogP contribution is -2.41. The summed E-state index contributed by atoms with van der Waals surface area (Å²) >= 11 is 3.62. The molecule has 2 heterocycles. The van der Waals surface area contributed by atoms with Gasteiger partial charge in [-0.15, -0.1) is 0 Å². The van der Waals surface area contributed by atoms with Crippen LogP contribution in [0.5, 0.6) is 5.75 Å². The van der Waals surface area contributed by atoms with Crippen molar-refractivity contribution >= 4 is 15.9 Å². The molecule has 0 radical (unpaired) electrons. The highest BCUT2D eigenvalue weighted by molar-refractivity contribution is 9.10. The van der Waals surface area contributed by atoms with Crippen LogP contribution in [0.4, 0.5) is 0 Å². The Labute approximate surface area is 117 Å². The Balaban J connectivity index is 2.03. The van der Waals surface area contributed by atoms with Crippen LogP contribution < -0.4 is 10.1 Å².